The van der Waals surface area contributed by atoms with Gasteiger partial charge in [0.1, 0.15) is 17.5 Å². The highest BCUT2D eigenvalue weighted by atomic mass is 16.5. The number of amides is 1. The normalized spacial score (nSPS) is 20.5. The maximum atomic E-state index is 12.4. The molecule has 1 unspecified atom stereocenters. The van der Waals surface area contributed by atoms with Crippen molar-refractivity contribution in [2.75, 3.05) is 36.5 Å². The number of anilines is 2. The van der Waals surface area contributed by atoms with Gasteiger partial charge in [-0.15, -0.1) is 0 Å². The molecule has 4 heterocycles. The van der Waals surface area contributed by atoms with Crippen LogP contribution in [0.2, 0.25) is 0 Å². The maximum Gasteiger partial charge on any atom is 0.231 e. The molecule has 0 aromatic carbocycles. The lowest BCUT2D eigenvalue weighted by atomic mass is 10.0. The van der Waals surface area contributed by atoms with Crippen LogP contribution in [0.3, 0.4) is 0 Å². The molecule has 1 amide bonds. The van der Waals surface area contributed by atoms with E-state index in [1.807, 2.05) is 23.9 Å². The average molecular weight is 384 g/mol. The Kier molecular flexibility index (Phi) is 5.57. The van der Waals surface area contributed by atoms with E-state index in [0.29, 0.717) is 13.2 Å². The Hall–Kier alpha value is -2.48. The molecule has 8 nitrogen and oxygen atoms in total. The fourth-order valence-corrected chi connectivity index (χ4v) is 4.00. The van der Waals surface area contributed by atoms with Crippen LogP contribution in [0.4, 0.5) is 11.6 Å². The minimum Gasteiger partial charge on any atom is -0.381 e. The molecule has 28 heavy (non-hydrogen) atoms. The van der Waals surface area contributed by atoms with Crippen LogP contribution in [0.5, 0.6) is 0 Å². The lowest BCUT2D eigenvalue weighted by Crippen LogP contribution is -2.36. The zero-order chi connectivity index (χ0) is 19.5. The zero-order valence-corrected chi connectivity index (χ0v) is 16.6. The Morgan fingerprint density at radius 1 is 1.32 bits per heavy atom. The molecule has 4 rings (SSSR count). The van der Waals surface area contributed by atoms with E-state index in [1.54, 1.807) is 6.20 Å². The molecule has 2 saturated heterocycles. The molecule has 1 atom stereocenters. The smallest absolute Gasteiger partial charge is 0.231 e. The molecule has 2 aromatic heterocycles. The van der Waals surface area contributed by atoms with Crippen molar-refractivity contribution < 1.29 is 9.53 Å². The van der Waals surface area contributed by atoms with Gasteiger partial charge in [-0.3, -0.25) is 4.79 Å². The Labute approximate surface area is 165 Å². The first-order chi connectivity index (χ1) is 13.7. The van der Waals surface area contributed by atoms with Crippen molar-refractivity contribution in [2.24, 2.45) is 5.92 Å². The van der Waals surface area contributed by atoms with Crippen molar-refractivity contribution in [3.05, 3.63) is 29.8 Å². The zero-order valence-electron chi connectivity index (χ0n) is 16.6. The van der Waals surface area contributed by atoms with Gasteiger partial charge in [-0.05, 0) is 32.6 Å². The number of hydrogen-bond acceptors (Lipinski definition) is 6. The van der Waals surface area contributed by atoms with E-state index >= 15 is 0 Å². The lowest BCUT2D eigenvalue weighted by molar-refractivity contribution is -0.119. The van der Waals surface area contributed by atoms with Crippen LogP contribution in [0.1, 0.15) is 43.6 Å². The summed E-state index contributed by atoms with van der Waals surface area (Å²) >= 11 is 0. The van der Waals surface area contributed by atoms with Gasteiger partial charge in [0.05, 0.1) is 24.8 Å². The number of rotatable bonds is 5. The van der Waals surface area contributed by atoms with Crippen LogP contribution >= 0.6 is 0 Å². The number of piperidine rings is 1. The molecule has 1 N–H and O–H groups in total. The predicted molar refractivity (Wildman–Crippen MR) is 106 cm³/mol. The largest absolute Gasteiger partial charge is 0.381 e. The van der Waals surface area contributed by atoms with Crippen molar-refractivity contribution in [2.45, 2.75) is 45.6 Å². The van der Waals surface area contributed by atoms with Crippen LogP contribution in [0, 0.1) is 12.8 Å². The van der Waals surface area contributed by atoms with Crippen molar-refractivity contribution in [3.8, 4) is 0 Å². The van der Waals surface area contributed by atoms with Crippen LogP contribution in [0.15, 0.2) is 18.5 Å². The topological polar surface area (TPSA) is 85.2 Å². The van der Waals surface area contributed by atoms with Crippen molar-refractivity contribution in [3.63, 3.8) is 0 Å². The summed E-state index contributed by atoms with van der Waals surface area (Å²) in [5.41, 5.74) is 1.19. The van der Waals surface area contributed by atoms with E-state index in [9.17, 15) is 4.79 Å². The van der Waals surface area contributed by atoms with Crippen molar-refractivity contribution in [1.82, 2.24) is 19.7 Å². The summed E-state index contributed by atoms with van der Waals surface area (Å²) in [5.74, 6) is 2.62. The summed E-state index contributed by atoms with van der Waals surface area (Å²) in [4.78, 5) is 23.8. The third-order valence-electron chi connectivity index (χ3n) is 5.67. The van der Waals surface area contributed by atoms with Gasteiger partial charge in [0.15, 0.2) is 0 Å². The number of nitrogens with one attached hydrogen (secondary N) is 1. The standard InChI is InChI=1S/C20H28N6O2/c1-3-15-12-21-14(2)23-19(15)25-9-5-17(6-10-25)26-18(4-8-22-26)24-20(27)16-7-11-28-13-16/h4,8,12,16-17H,3,5-7,9-11,13H2,1-2H3,(H,24,27). The van der Waals surface area contributed by atoms with E-state index in [4.69, 9.17) is 4.74 Å². The summed E-state index contributed by atoms with van der Waals surface area (Å²) in [7, 11) is 0. The monoisotopic (exact) mass is 384 g/mol. The number of carbonyl (C=O) groups excluding carboxylic acids is 1. The van der Waals surface area contributed by atoms with Gasteiger partial charge in [-0.1, -0.05) is 6.92 Å². The van der Waals surface area contributed by atoms with E-state index < -0.39 is 0 Å². The Morgan fingerprint density at radius 3 is 2.86 bits per heavy atom. The van der Waals surface area contributed by atoms with E-state index in [0.717, 1.165) is 56.2 Å². The summed E-state index contributed by atoms with van der Waals surface area (Å²) in [6.07, 6.45) is 7.34. The molecule has 2 aromatic rings. The summed E-state index contributed by atoms with van der Waals surface area (Å²) in [5, 5.41) is 7.54. The number of hydrogen-bond donors (Lipinski definition) is 1. The number of aromatic nitrogens is 4. The molecule has 0 saturated carbocycles. The molecule has 0 bridgehead atoms. The van der Waals surface area contributed by atoms with E-state index in [2.05, 4.69) is 32.2 Å². The second-order valence-corrected chi connectivity index (χ2v) is 7.55. The molecular weight excluding hydrogens is 356 g/mol. The van der Waals surface area contributed by atoms with Crippen LogP contribution in [-0.2, 0) is 16.0 Å². The average Bonchev–Trinajstić information content (AvgIpc) is 3.40. The second kappa shape index (κ2) is 8.26. The number of carbonyl (C=O) groups is 1. The summed E-state index contributed by atoms with van der Waals surface area (Å²) in [6, 6.07) is 2.15. The molecule has 2 aliphatic rings. The fraction of sp³-hybridized carbons (Fsp3) is 0.600. The molecule has 0 aliphatic carbocycles. The third kappa shape index (κ3) is 3.87. The maximum absolute atomic E-state index is 12.4. The molecule has 8 heteroatoms. The summed E-state index contributed by atoms with van der Waals surface area (Å²) < 4.78 is 7.30. The molecule has 0 radical (unpaired) electrons. The first kappa shape index (κ1) is 18.9. The Morgan fingerprint density at radius 2 is 2.14 bits per heavy atom. The quantitative estimate of drug-likeness (QED) is 0.852. The van der Waals surface area contributed by atoms with Gasteiger partial charge in [-0.2, -0.15) is 5.10 Å². The first-order valence-corrected chi connectivity index (χ1v) is 10.1. The SMILES string of the molecule is CCc1cnc(C)nc1N1CCC(n2nccc2NC(=O)C2CCOC2)CC1. The van der Waals surface area contributed by atoms with Gasteiger partial charge in [-0.25, -0.2) is 14.6 Å². The minimum atomic E-state index is -0.0568. The van der Waals surface area contributed by atoms with Crippen LogP contribution in [0.25, 0.3) is 0 Å². The highest BCUT2D eigenvalue weighted by molar-refractivity contribution is 5.92. The van der Waals surface area contributed by atoms with Crippen molar-refractivity contribution in [1.29, 1.82) is 0 Å². The van der Waals surface area contributed by atoms with Gasteiger partial charge < -0.3 is 15.0 Å². The van der Waals surface area contributed by atoms with E-state index in [1.165, 1.54) is 5.56 Å². The first-order valence-electron chi connectivity index (χ1n) is 10.1. The van der Waals surface area contributed by atoms with Gasteiger partial charge in [0.2, 0.25) is 5.91 Å². The van der Waals surface area contributed by atoms with Gasteiger partial charge >= 0.3 is 0 Å². The Balaban J connectivity index is 1.41. The molecular formula is C20H28N6O2. The number of nitrogens with zero attached hydrogens (tertiary/aromatic N) is 5. The Bertz CT molecular complexity index is 822. The lowest BCUT2D eigenvalue weighted by Gasteiger charge is -2.34. The number of ether oxygens (including phenoxy) is 1. The predicted octanol–water partition coefficient (Wildman–Crippen LogP) is 2.36. The highest BCUT2D eigenvalue weighted by Gasteiger charge is 2.27. The summed E-state index contributed by atoms with van der Waals surface area (Å²) in [6.45, 7) is 7.08. The molecule has 2 fully saturated rings. The fourth-order valence-electron chi connectivity index (χ4n) is 4.00. The van der Waals surface area contributed by atoms with Crippen LogP contribution < -0.4 is 10.2 Å². The second-order valence-electron chi connectivity index (χ2n) is 7.55. The molecule has 0 spiro atoms. The van der Waals surface area contributed by atoms with E-state index in [-0.39, 0.29) is 17.9 Å². The highest BCUT2D eigenvalue weighted by Crippen LogP contribution is 2.29. The van der Waals surface area contributed by atoms with Gasteiger partial charge in [0, 0.05) is 37.5 Å². The van der Waals surface area contributed by atoms with Crippen LogP contribution in [-0.4, -0.2) is 52.0 Å². The van der Waals surface area contributed by atoms with Gasteiger partial charge in [0.25, 0.3) is 0 Å². The van der Waals surface area contributed by atoms with Crippen molar-refractivity contribution >= 4 is 17.5 Å². The molecule has 2 aliphatic heterocycles. The third-order valence-corrected chi connectivity index (χ3v) is 5.67. The minimum absolute atomic E-state index is 0.0285. The number of aryl methyl sites for hydroxylation is 2. The molecule has 150 valence electrons.